The zero-order valence-corrected chi connectivity index (χ0v) is 56.2. The minimum atomic E-state index is -0.661. The summed E-state index contributed by atoms with van der Waals surface area (Å²) in [6.45, 7) is -0.248. The van der Waals surface area contributed by atoms with Crippen molar-refractivity contribution in [3.8, 4) is 55.6 Å². The molecule has 2 spiro atoms. The van der Waals surface area contributed by atoms with Crippen LogP contribution in [-0.2, 0) is 16.2 Å². The molecule has 16 aromatic carbocycles. The molecule has 7 aliphatic rings. The van der Waals surface area contributed by atoms with Crippen LogP contribution in [0.5, 0.6) is 0 Å². The molecule has 0 N–H and O–H groups in total. The number of anilines is 9. The van der Waals surface area contributed by atoms with Gasteiger partial charge in [0.25, 0.3) is 6.71 Å². The Morgan fingerprint density at radius 1 is 0.233 bits per heavy atom. The third-order valence-corrected chi connectivity index (χ3v) is 24.3. The number of rotatable bonds is 7. The molecule has 0 saturated carbocycles. The topological polar surface area (TPSA) is 9.72 Å². The highest BCUT2D eigenvalue weighted by Crippen LogP contribution is 2.68. The molecule has 103 heavy (non-hydrogen) atoms. The van der Waals surface area contributed by atoms with Gasteiger partial charge < -0.3 is 14.7 Å². The van der Waals surface area contributed by atoms with Crippen molar-refractivity contribution in [2.24, 2.45) is 0 Å². The highest BCUT2D eigenvalue weighted by Gasteiger charge is 2.57. The summed E-state index contributed by atoms with van der Waals surface area (Å²) in [5.41, 5.74) is 40.2. The summed E-state index contributed by atoms with van der Waals surface area (Å²) < 4.78 is 0. The molecule has 16 aromatic rings. The molecule has 0 atom stereocenters. The Balaban J connectivity index is 0.882. The lowest BCUT2D eigenvalue weighted by Gasteiger charge is -2.46. The highest BCUT2D eigenvalue weighted by molar-refractivity contribution is 7.00. The minimum absolute atomic E-state index is 0.248. The average Bonchev–Trinajstić information content (AvgIpc) is 1.57. The van der Waals surface area contributed by atoms with Gasteiger partial charge in [-0.3, -0.25) is 0 Å². The Morgan fingerprint density at radius 3 is 0.961 bits per heavy atom. The molecule has 0 unspecified atom stereocenters. The first-order valence-electron chi connectivity index (χ1n) is 36.2. The molecule has 476 valence electrons. The van der Waals surface area contributed by atoms with Gasteiger partial charge in [0.15, 0.2) is 0 Å². The summed E-state index contributed by atoms with van der Waals surface area (Å²) in [5, 5.41) is 0. The van der Waals surface area contributed by atoms with E-state index in [9.17, 15) is 0 Å². The van der Waals surface area contributed by atoms with Gasteiger partial charge in [0.2, 0.25) is 0 Å². The SMILES string of the molecule is c1ccc(N(c2cc3c4c(c2)N(c2ccccc2)c2c(ccc5c2-c2ccccc2C52c5ccccc5-c5ccccc52)B4c2ccc4c(c2N3c2ccccc2)-c2ccccc2C4(c2ccccc2)c2ccccc2)c2cccc3c2-c2ccccc2C32c3ccccc3-c3ccccc32)cc1. The van der Waals surface area contributed by atoms with Gasteiger partial charge in [-0.2, -0.15) is 0 Å². The molecule has 2 heterocycles. The van der Waals surface area contributed by atoms with Crippen molar-refractivity contribution in [3.05, 3.63) is 443 Å². The van der Waals surface area contributed by atoms with Crippen molar-refractivity contribution in [1.29, 1.82) is 0 Å². The van der Waals surface area contributed by atoms with Gasteiger partial charge in [0.05, 0.1) is 27.6 Å². The fourth-order valence-electron chi connectivity index (χ4n) is 20.8. The third kappa shape index (κ3) is 7.10. The second-order valence-electron chi connectivity index (χ2n) is 28.7. The van der Waals surface area contributed by atoms with Crippen molar-refractivity contribution in [2.75, 3.05) is 14.7 Å². The first-order chi connectivity index (χ1) is 51.2. The third-order valence-electron chi connectivity index (χ3n) is 24.3. The summed E-state index contributed by atoms with van der Waals surface area (Å²) in [4.78, 5) is 7.98. The van der Waals surface area contributed by atoms with Gasteiger partial charge in [-0.1, -0.05) is 322 Å². The van der Waals surface area contributed by atoms with E-state index in [4.69, 9.17) is 0 Å². The number of para-hydroxylation sites is 3. The van der Waals surface area contributed by atoms with E-state index in [0.29, 0.717) is 0 Å². The molecule has 4 heteroatoms. The molecular weight excluding hydrogens is 1240 g/mol. The summed E-state index contributed by atoms with van der Waals surface area (Å²) in [7, 11) is 0. The number of hydrogen-bond donors (Lipinski definition) is 0. The minimum Gasteiger partial charge on any atom is -0.311 e. The predicted octanol–water partition coefficient (Wildman–Crippen LogP) is 22.3. The van der Waals surface area contributed by atoms with Gasteiger partial charge in [-0.25, -0.2) is 0 Å². The van der Waals surface area contributed by atoms with Gasteiger partial charge in [0, 0.05) is 56.5 Å². The largest absolute Gasteiger partial charge is 0.311 e. The Kier molecular flexibility index (Phi) is 11.6. The Hall–Kier alpha value is -13.0. The second kappa shape index (κ2) is 21.0. The number of nitrogens with zero attached hydrogens (tertiary/aromatic N) is 3. The molecule has 23 rings (SSSR count). The van der Waals surface area contributed by atoms with E-state index >= 15 is 0 Å². The summed E-state index contributed by atoms with van der Waals surface area (Å²) in [6.07, 6.45) is 0. The number of hydrogen-bond acceptors (Lipinski definition) is 3. The Labute approximate surface area is 599 Å². The molecule has 0 aromatic heterocycles. The van der Waals surface area contributed by atoms with E-state index in [1.807, 2.05) is 0 Å². The maximum atomic E-state index is 2.69. The number of fused-ring (bicyclic) bond motifs is 29. The molecule has 0 amide bonds. The van der Waals surface area contributed by atoms with Crippen LogP contribution in [0.25, 0.3) is 55.6 Å². The van der Waals surface area contributed by atoms with Crippen LogP contribution >= 0.6 is 0 Å². The van der Waals surface area contributed by atoms with E-state index in [-0.39, 0.29) is 6.71 Å². The van der Waals surface area contributed by atoms with E-state index in [1.54, 1.807) is 0 Å². The van der Waals surface area contributed by atoms with Crippen molar-refractivity contribution in [2.45, 2.75) is 16.2 Å². The molecule has 0 radical (unpaired) electrons. The predicted molar refractivity (Wildman–Crippen MR) is 425 cm³/mol. The van der Waals surface area contributed by atoms with Crippen LogP contribution in [0.4, 0.5) is 51.2 Å². The maximum absolute atomic E-state index is 2.69. The van der Waals surface area contributed by atoms with Crippen LogP contribution < -0.4 is 31.1 Å². The lowest BCUT2D eigenvalue weighted by Crippen LogP contribution is -2.61. The van der Waals surface area contributed by atoms with E-state index in [0.717, 1.165) is 39.8 Å². The highest BCUT2D eigenvalue weighted by atomic mass is 15.2. The van der Waals surface area contributed by atoms with Crippen molar-refractivity contribution >= 4 is 74.3 Å². The summed E-state index contributed by atoms with van der Waals surface area (Å²) in [6, 6.07) is 144. The van der Waals surface area contributed by atoms with Crippen LogP contribution in [0.1, 0.15) is 66.8 Å². The molecule has 0 saturated heterocycles. The smallest absolute Gasteiger partial charge is 0.252 e. The molecule has 2 aliphatic heterocycles. The Morgan fingerprint density at radius 2 is 0.544 bits per heavy atom. The maximum Gasteiger partial charge on any atom is 0.252 e. The molecular formula is C99H62BN3. The van der Waals surface area contributed by atoms with E-state index < -0.39 is 16.2 Å². The van der Waals surface area contributed by atoms with Crippen LogP contribution in [0, 0.1) is 0 Å². The van der Waals surface area contributed by atoms with Crippen LogP contribution in [0.3, 0.4) is 0 Å². The van der Waals surface area contributed by atoms with E-state index in [2.05, 4.69) is 391 Å². The summed E-state index contributed by atoms with van der Waals surface area (Å²) >= 11 is 0. The molecule has 5 aliphatic carbocycles. The van der Waals surface area contributed by atoms with Crippen molar-refractivity contribution < 1.29 is 0 Å². The van der Waals surface area contributed by atoms with Crippen molar-refractivity contribution in [3.63, 3.8) is 0 Å². The first-order valence-corrected chi connectivity index (χ1v) is 36.2. The van der Waals surface area contributed by atoms with Gasteiger partial charge in [0.1, 0.15) is 0 Å². The van der Waals surface area contributed by atoms with Gasteiger partial charge in [-0.15, -0.1) is 0 Å². The lowest BCUT2D eigenvalue weighted by molar-refractivity contribution is 0.768. The fraction of sp³-hybridized carbons (Fsp3) is 0.0303. The normalized spacial score (nSPS) is 14.8. The van der Waals surface area contributed by atoms with E-state index in [1.165, 1.54) is 150 Å². The molecule has 3 nitrogen and oxygen atoms in total. The van der Waals surface area contributed by atoms with Gasteiger partial charge in [-0.05, 0) is 177 Å². The van der Waals surface area contributed by atoms with Crippen LogP contribution in [-0.4, -0.2) is 6.71 Å². The molecule has 0 bridgehead atoms. The standard InChI is InChI=1S/C99H62BN3/c1-6-31-63(32-7-1)97(64-33-8-2-9-34-64)80-52-27-21-46-74(80)92-84(97)57-59-86-95(92)102(66-37-12-4-13-38-66)89-61-68(101(65-35-10-3-11-36-65)88-56-30-55-83-91(88)73-45-20-28-53-81(73)98(83)76-48-23-16-41-69(76)70-42-17-24-49-77(70)98)62-90-94(89)100(86)87-60-58-85-93(96(87)103(90)67-39-14-5-15-40-67)75-47-22-29-54-82(75)99(85)78-50-25-18-43-71(78)72-44-19-26-51-79(72)99/h1-62H. The first kappa shape index (κ1) is 56.8. The quantitative estimate of drug-likeness (QED) is 0.147. The second-order valence-corrected chi connectivity index (χ2v) is 28.7. The monoisotopic (exact) mass is 1300 g/mol. The fourth-order valence-corrected chi connectivity index (χ4v) is 20.8. The average molecular weight is 1300 g/mol. The van der Waals surface area contributed by atoms with Crippen LogP contribution in [0.2, 0.25) is 0 Å². The zero-order chi connectivity index (χ0) is 67.3. The lowest BCUT2D eigenvalue weighted by atomic mass is 9.33. The van der Waals surface area contributed by atoms with Gasteiger partial charge >= 0.3 is 0 Å². The Bertz CT molecular complexity index is 5980. The summed E-state index contributed by atoms with van der Waals surface area (Å²) in [5.74, 6) is 0. The van der Waals surface area contributed by atoms with Crippen molar-refractivity contribution in [1.82, 2.24) is 0 Å². The number of benzene rings is 16. The zero-order valence-electron chi connectivity index (χ0n) is 56.2. The van der Waals surface area contributed by atoms with Crippen LogP contribution in [0.15, 0.2) is 376 Å². The molecule has 0 fully saturated rings.